The van der Waals surface area contributed by atoms with Crippen molar-refractivity contribution in [3.63, 3.8) is 0 Å². The Morgan fingerprint density at radius 2 is 1.89 bits per heavy atom. The molecule has 1 N–H and O–H groups in total. The van der Waals surface area contributed by atoms with Gasteiger partial charge >= 0.3 is 6.18 Å². The Morgan fingerprint density at radius 1 is 1.32 bits per heavy atom. The fraction of sp³-hybridized carbons (Fsp3) is 0.462. The molecule has 1 rings (SSSR count). The fourth-order valence-electron chi connectivity index (χ4n) is 1.41. The van der Waals surface area contributed by atoms with Gasteiger partial charge in [0.15, 0.2) is 0 Å². The summed E-state index contributed by atoms with van der Waals surface area (Å²) < 4.78 is 41.2. The SMILES string of the molecule is Cc1ccc(OC[C@@H](C)NC(=O)CC(F)(F)F)cc1. The largest absolute Gasteiger partial charge is 0.491 e. The molecule has 0 aliphatic carbocycles. The van der Waals surface area contributed by atoms with Gasteiger partial charge < -0.3 is 10.1 Å². The second-order valence-corrected chi connectivity index (χ2v) is 4.38. The number of hydrogen-bond acceptors (Lipinski definition) is 2. The van der Waals surface area contributed by atoms with E-state index in [1.807, 2.05) is 19.1 Å². The van der Waals surface area contributed by atoms with Crippen LogP contribution < -0.4 is 10.1 Å². The number of carbonyl (C=O) groups excluding carboxylic acids is 1. The number of benzene rings is 1. The van der Waals surface area contributed by atoms with Crippen LogP contribution >= 0.6 is 0 Å². The molecule has 0 saturated heterocycles. The van der Waals surface area contributed by atoms with Crippen molar-refractivity contribution >= 4 is 5.91 Å². The Bertz CT molecular complexity index is 415. The second kappa shape index (κ2) is 6.45. The van der Waals surface area contributed by atoms with Crippen molar-refractivity contribution in [3.05, 3.63) is 29.8 Å². The van der Waals surface area contributed by atoms with E-state index in [4.69, 9.17) is 4.74 Å². The van der Waals surface area contributed by atoms with Crippen LogP contribution in [0.25, 0.3) is 0 Å². The van der Waals surface area contributed by atoms with E-state index >= 15 is 0 Å². The highest BCUT2D eigenvalue weighted by Crippen LogP contribution is 2.19. The number of amides is 1. The van der Waals surface area contributed by atoms with Gasteiger partial charge in [0, 0.05) is 0 Å². The van der Waals surface area contributed by atoms with E-state index in [-0.39, 0.29) is 6.61 Å². The maximum absolute atomic E-state index is 12.0. The van der Waals surface area contributed by atoms with Gasteiger partial charge in [0.1, 0.15) is 18.8 Å². The molecule has 0 aliphatic heterocycles. The zero-order valence-corrected chi connectivity index (χ0v) is 10.8. The molecular weight excluding hydrogens is 259 g/mol. The average Bonchev–Trinajstić information content (AvgIpc) is 2.25. The molecule has 6 heteroatoms. The normalized spacial score (nSPS) is 12.9. The van der Waals surface area contributed by atoms with E-state index in [0.717, 1.165) is 5.56 Å². The Balaban J connectivity index is 2.33. The van der Waals surface area contributed by atoms with Gasteiger partial charge in [-0.3, -0.25) is 4.79 Å². The number of halogens is 3. The van der Waals surface area contributed by atoms with E-state index in [1.54, 1.807) is 19.1 Å². The Labute approximate surface area is 109 Å². The molecule has 1 amide bonds. The highest BCUT2D eigenvalue weighted by atomic mass is 19.4. The monoisotopic (exact) mass is 275 g/mol. The third-order valence-corrected chi connectivity index (χ3v) is 2.29. The molecule has 1 atom stereocenters. The summed E-state index contributed by atoms with van der Waals surface area (Å²) >= 11 is 0. The van der Waals surface area contributed by atoms with Crippen LogP contribution in [0.3, 0.4) is 0 Å². The van der Waals surface area contributed by atoms with Crippen molar-refractivity contribution in [2.45, 2.75) is 32.5 Å². The lowest BCUT2D eigenvalue weighted by Crippen LogP contribution is -2.38. The highest BCUT2D eigenvalue weighted by molar-refractivity contribution is 5.76. The Hall–Kier alpha value is -1.72. The van der Waals surface area contributed by atoms with Gasteiger partial charge in [-0.05, 0) is 26.0 Å². The van der Waals surface area contributed by atoms with E-state index in [0.29, 0.717) is 5.75 Å². The summed E-state index contributed by atoms with van der Waals surface area (Å²) in [6, 6.07) is 6.76. The molecule has 0 aliphatic rings. The van der Waals surface area contributed by atoms with Gasteiger partial charge in [-0.15, -0.1) is 0 Å². The lowest BCUT2D eigenvalue weighted by Gasteiger charge is -2.15. The molecule has 3 nitrogen and oxygen atoms in total. The zero-order valence-electron chi connectivity index (χ0n) is 10.8. The summed E-state index contributed by atoms with van der Waals surface area (Å²) in [5, 5.41) is 2.23. The molecule has 106 valence electrons. The van der Waals surface area contributed by atoms with Crippen LogP contribution in [0.5, 0.6) is 5.75 Å². The Morgan fingerprint density at radius 3 is 2.42 bits per heavy atom. The number of aryl methyl sites for hydroxylation is 1. The fourth-order valence-corrected chi connectivity index (χ4v) is 1.41. The van der Waals surface area contributed by atoms with Gasteiger partial charge in [0.05, 0.1) is 6.04 Å². The third-order valence-electron chi connectivity index (χ3n) is 2.29. The lowest BCUT2D eigenvalue weighted by atomic mass is 10.2. The van der Waals surface area contributed by atoms with Gasteiger partial charge in [-0.25, -0.2) is 0 Å². The summed E-state index contributed by atoms with van der Waals surface area (Å²) in [6.07, 6.45) is -5.95. The number of carbonyl (C=O) groups is 1. The van der Waals surface area contributed by atoms with E-state index in [2.05, 4.69) is 5.32 Å². The molecule has 0 saturated carbocycles. The summed E-state index contributed by atoms with van der Waals surface area (Å²) in [5.41, 5.74) is 1.08. The lowest BCUT2D eigenvalue weighted by molar-refractivity contribution is -0.154. The first-order valence-electron chi connectivity index (χ1n) is 5.82. The topological polar surface area (TPSA) is 38.3 Å². The van der Waals surface area contributed by atoms with E-state index in [1.165, 1.54) is 0 Å². The summed E-state index contributed by atoms with van der Waals surface area (Å²) in [7, 11) is 0. The smallest absolute Gasteiger partial charge is 0.397 e. The van der Waals surface area contributed by atoms with Crippen LogP contribution in [0, 0.1) is 6.92 Å². The van der Waals surface area contributed by atoms with Gasteiger partial charge in [-0.1, -0.05) is 17.7 Å². The molecule has 0 heterocycles. The standard InChI is InChI=1S/C13H16F3NO2/c1-9-3-5-11(6-4-9)19-8-10(2)17-12(18)7-13(14,15)16/h3-6,10H,7-8H2,1-2H3,(H,17,18)/t10-/m1/s1. The van der Waals surface area contributed by atoms with Crippen molar-refractivity contribution in [2.75, 3.05) is 6.61 Å². The number of nitrogens with one attached hydrogen (secondary N) is 1. The first kappa shape index (κ1) is 15.3. The van der Waals surface area contributed by atoms with E-state index < -0.39 is 24.5 Å². The first-order valence-corrected chi connectivity index (χ1v) is 5.82. The molecule has 1 aromatic carbocycles. The van der Waals surface area contributed by atoms with Gasteiger partial charge in [0.2, 0.25) is 5.91 Å². The van der Waals surface area contributed by atoms with Crippen molar-refractivity contribution in [1.82, 2.24) is 5.32 Å². The van der Waals surface area contributed by atoms with Crippen LogP contribution in [0.4, 0.5) is 13.2 Å². The number of ether oxygens (including phenoxy) is 1. The van der Waals surface area contributed by atoms with Crippen LogP contribution in [0.1, 0.15) is 18.9 Å². The molecule has 0 bridgehead atoms. The number of alkyl halides is 3. The molecule has 0 radical (unpaired) electrons. The molecule has 0 unspecified atom stereocenters. The second-order valence-electron chi connectivity index (χ2n) is 4.38. The highest BCUT2D eigenvalue weighted by Gasteiger charge is 2.31. The van der Waals surface area contributed by atoms with Crippen LogP contribution in [-0.2, 0) is 4.79 Å². The maximum Gasteiger partial charge on any atom is 0.397 e. The third kappa shape index (κ3) is 6.69. The minimum absolute atomic E-state index is 0.118. The minimum atomic E-state index is -4.48. The summed E-state index contributed by atoms with van der Waals surface area (Å²) in [5.74, 6) is -0.435. The number of hydrogen-bond donors (Lipinski definition) is 1. The molecule has 0 spiro atoms. The first-order chi connectivity index (χ1) is 8.76. The molecule has 19 heavy (non-hydrogen) atoms. The maximum atomic E-state index is 12.0. The van der Waals surface area contributed by atoms with E-state index in [9.17, 15) is 18.0 Å². The molecule has 0 aromatic heterocycles. The van der Waals surface area contributed by atoms with Gasteiger partial charge in [0.25, 0.3) is 0 Å². The van der Waals surface area contributed by atoms with Crippen molar-refractivity contribution in [1.29, 1.82) is 0 Å². The summed E-state index contributed by atoms with van der Waals surface area (Å²) in [6.45, 7) is 3.64. The molecule has 0 fully saturated rings. The van der Waals surface area contributed by atoms with Crippen molar-refractivity contribution in [3.8, 4) is 5.75 Å². The predicted octanol–water partition coefficient (Wildman–Crippen LogP) is 2.83. The zero-order chi connectivity index (χ0) is 14.5. The Kier molecular flexibility index (Phi) is 5.20. The van der Waals surface area contributed by atoms with Gasteiger partial charge in [-0.2, -0.15) is 13.2 Å². The van der Waals surface area contributed by atoms with Crippen molar-refractivity contribution < 1.29 is 22.7 Å². The van der Waals surface area contributed by atoms with Crippen LogP contribution in [0.15, 0.2) is 24.3 Å². The molecule has 1 aromatic rings. The minimum Gasteiger partial charge on any atom is -0.491 e. The van der Waals surface area contributed by atoms with Crippen LogP contribution in [0.2, 0.25) is 0 Å². The molecular formula is C13H16F3NO2. The predicted molar refractivity (Wildman–Crippen MR) is 65.0 cm³/mol. The van der Waals surface area contributed by atoms with Crippen molar-refractivity contribution in [2.24, 2.45) is 0 Å². The van der Waals surface area contributed by atoms with Crippen LogP contribution in [-0.4, -0.2) is 24.7 Å². The quantitative estimate of drug-likeness (QED) is 0.897. The summed E-state index contributed by atoms with van der Waals surface area (Å²) in [4.78, 5) is 11.0. The average molecular weight is 275 g/mol. The number of rotatable bonds is 5.